The molecule has 0 heterocycles. The average molecular weight is 387 g/mol. The molecule has 2 rings (SSSR count). The molecule has 0 aliphatic heterocycles. The maximum absolute atomic E-state index is 9.03. The standard InChI is InChI=1S/C15H10BrCl2NO2/c16-11-1-4-14(10(7-11)9-19)20-5-6-21-15-8-12(17)2-3-13(15)18/h1-4,7-8H,5-6H2. The van der Waals surface area contributed by atoms with Gasteiger partial charge in [-0.15, -0.1) is 0 Å². The highest BCUT2D eigenvalue weighted by Gasteiger charge is 2.05. The highest BCUT2D eigenvalue weighted by molar-refractivity contribution is 9.10. The average Bonchev–Trinajstić information content (AvgIpc) is 2.48. The van der Waals surface area contributed by atoms with Crippen molar-refractivity contribution < 1.29 is 9.47 Å². The number of benzene rings is 2. The molecule has 0 aliphatic carbocycles. The number of nitriles is 1. The SMILES string of the molecule is N#Cc1cc(Br)ccc1OCCOc1cc(Cl)ccc1Cl. The third-order valence-corrected chi connectivity index (χ3v) is 3.59. The van der Waals surface area contributed by atoms with E-state index < -0.39 is 0 Å². The summed E-state index contributed by atoms with van der Waals surface area (Å²) in [5, 5.41) is 10.1. The Labute approximate surface area is 141 Å². The molecule has 0 aliphatic rings. The van der Waals surface area contributed by atoms with E-state index in [2.05, 4.69) is 22.0 Å². The van der Waals surface area contributed by atoms with Crippen LogP contribution >= 0.6 is 39.1 Å². The summed E-state index contributed by atoms with van der Waals surface area (Å²) in [4.78, 5) is 0. The lowest BCUT2D eigenvalue weighted by Gasteiger charge is -2.10. The van der Waals surface area contributed by atoms with E-state index in [0.29, 0.717) is 40.3 Å². The predicted octanol–water partition coefficient (Wildman–Crippen LogP) is 5.09. The van der Waals surface area contributed by atoms with E-state index in [0.717, 1.165) is 4.47 Å². The normalized spacial score (nSPS) is 10.0. The smallest absolute Gasteiger partial charge is 0.139 e. The van der Waals surface area contributed by atoms with Gasteiger partial charge in [-0.1, -0.05) is 39.1 Å². The van der Waals surface area contributed by atoms with Crippen LogP contribution in [-0.2, 0) is 0 Å². The van der Waals surface area contributed by atoms with Crippen LogP contribution in [0.5, 0.6) is 11.5 Å². The molecule has 0 fully saturated rings. The van der Waals surface area contributed by atoms with Gasteiger partial charge in [0.25, 0.3) is 0 Å². The summed E-state index contributed by atoms with van der Waals surface area (Å²) in [7, 11) is 0. The van der Waals surface area contributed by atoms with Gasteiger partial charge in [0, 0.05) is 15.6 Å². The van der Waals surface area contributed by atoms with Crippen molar-refractivity contribution in [1.29, 1.82) is 5.26 Å². The predicted molar refractivity (Wildman–Crippen MR) is 86.3 cm³/mol. The van der Waals surface area contributed by atoms with E-state index in [9.17, 15) is 0 Å². The van der Waals surface area contributed by atoms with Gasteiger partial charge < -0.3 is 9.47 Å². The first-order valence-corrected chi connectivity index (χ1v) is 7.55. The molecule has 0 saturated carbocycles. The molecule has 0 unspecified atom stereocenters. The van der Waals surface area contributed by atoms with E-state index in [1.807, 2.05) is 6.07 Å². The summed E-state index contributed by atoms with van der Waals surface area (Å²) in [6, 6.07) is 12.3. The molecule has 2 aromatic rings. The molecule has 0 N–H and O–H groups in total. The zero-order valence-corrected chi connectivity index (χ0v) is 13.9. The Balaban J connectivity index is 1.91. The van der Waals surface area contributed by atoms with E-state index in [4.69, 9.17) is 37.9 Å². The fraction of sp³-hybridized carbons (Fsp3) is 0.133. The van der Waals surface area contributed by atoms with Crippen molar-refractivity contribution >= 4 is 39.1 Å². The van der Waals surface area contributed by atoms with Gasteiger partial charge in [0.2, 0.25) is 0 Å². The highest BCUT2D eigenvalue weighted by atomic mass is 79.9. The summed E-state index contributed by atoms with van der Waals surface area (Å²) in [6.07, 6.45) is 0. The van der Waals surface area contributed by atoms with Crippen LogP contribution in [0.2, 0.25) is 10.0 Å². The van der Waals surface area contributed by atoms with Gasteiger partial charge in [-0.3, -0.25) is 0 Å². The fourth-order valence-electron chi connectivity index (χ4n) is 1.61. The molecule has 0 aromatic heterocycles. The highest BCUT2D eigenvalue weighted by Crippen LogP contribution is 2.27. The largest absolute Gasteiger partial charge is 0.489 e. The van der Waals surface area contributed by atoms with Crippen molar-refractivity contribution in [2.75, 3.05) is 13.2 Å². The molecule has 6 heteroatoms. The van der Waals surface area contributed by atoms with Crippen LogP contribution in [0.25, 0.3) is 0 Å². The molecule has 0 radical (unpaired) electrons. The number of ether oxygens (including phenoxy) is 2. The van der Waals surface area contributed by atoms with Crippen LogP contribution in [-0.4, -0.2) is 13.2 Å². The number of hydrogen-bond acceptors (Lipinski definition) is 3. The Morgan fingerprint density at radius 1 is 1.00 bits per heavy atom. The van der Waals surface area contributed by atoms with Gasteiger partial charge in [-0.25, -0.2) is 0 Å². The van der Waals surface area contributed by atoms with E-state index in [1.54, 1.807) is 30.3 Å². The topological polar surface area (TPSA) is 42.2 Å². The third kappa shape index (κ3) is 4.53. The summed E-state index contributed by atoms with van der Waals surface area (Å²) >= 11 is 15.2. The van der Waals surface area contributed by atoms with Crippen molar-refractivity contribution in [3.63, 3.8) is 0 Å². The monoisotopic (exact) mass is 385 g/mol. The van der Waals surface area contributed by atoms with Gasteiger partial charge >= 0.3 is 0 Å². The fourth-order valence-corrected chi connectivity index (χ4v) is 2.30. The maximum Gasteiger partial charge on any atom is 0.139 e. The van der Waals surface area contributed by atoms with Crippen molar-refractivity contribution in [1.82, 2.24) is 0 Å². The van der Waals surface area contributed by atoms with Crippen LogP contribution in [0.15, 0.2) is 40.9 Å². The molecular weight excluding hydrogens is 377 g/mol. The molecule has 0 amide bonds. The van der Waals surface area contributed by atoms with Gasteiger partial charge in [0.05, 0.1) is 10.6 Å². The van der Waals surface area contributed by atoms with Crippen molar-refractivity contribution in [3.05, 3.63) is 56.5 Å². The Kier molecular flexibility index (Phi) is 5.75. The maximum atomic E-state index is 9.03. The summed E-state index contributed by atoms with van der Waals surface area (Å²) in [5.74, 6) is 1.02. The van der Waals surface area contributed by atoms with Crippen molar-refractivity contribution in [2.24, 2.45) is 0 Å². The Morgan fingerprint density at radius 3 is 2.43 bits per heavy atom. The summed E-state index contributed by atoms with van der Waals surface area (Å²) in [6.45, 7) is 0.583. The molecule has 21 heavy (non-hydrogen) atoms. The quantitative estimate of drug-likeness (QED) is 0.672. The van der Waals surface area contributed by atoms with Gasteiger partial charge in [0.15, 0.2) is 0 Å². The third-order valence-electron chi connectivity index (χ3n) is 2.55. The lowest BCUT2D eigenvalue weighted by atomic mass is 10.2. The van der Waals surface area contributed by atoms with Crippen LogP contribution in [0.1, 0.15) is 5.56 Å². The van der Waals surface area contributed by atoms with Crippen LogP contribution in [0.4, 0.5) is 0 Å². The summed E-state index contributed by atoms with van der Waals surface area (Å²) < 4.78 is 11.9. The second-order valence-electron chi connectivity index (χ2n) is 4.02. The van der Waals surface area contributed by atoms with Crippen molar-refractivity contribution in [2.45, 2.75) is 0 Å². The number of hydrogen-bond donors (Lipinski definition) is 0. The van der Waals surface area contributed by atoms with Crippen LogP contribution in [0.3, 0.4) is 0 Å². The molecule has 0 atom stereocenters. The van der Waals surface area contributed by atoms with Crippen molar-refractivity contribution in [3.8, 4) is 17.6 Å². The van der Waals surface area contributed by atoms with E-state index in [1.165, 1.54) is 0 Å². The number of halogens is 3. The molecule has 0 bridgehead atoms. The molecule has 0 saturated heterocycles. The zero-order chi connectivity index (χ0) is 15.2. The Morgan fingerprint density at radius 2 is 1.71 bits per heavy atom. The molecular formula is C15H10BrCl2NO2. The first-order chi connectivity index (χ1) is 10.1. The van der Waals surface area contributed by atoms with Crippen LogP contribution in [0, 0.1) is 11.3 Å². The molecule has 3 nitrogen and oxygen atoms in total. The summed E-state index contributed by atoms with van der Waals surface area (Å²) in [5.41, 5.74) is 0.463. The minimum absolute atomic E-state index is 0.291. The Bertz CT molecular complexity index is 686. The van der Waals surface area contributed by atoms with E-state index >= 15 is 0 Å². The van der Waals surface area contributed by atoms with Gasteiger partial charge in [-0.05, 0) is 30.3 Å². The zero-order valence-electron chi connectivity index (χ0n) is 10.8. The lowest BCUT2D eigenvalue weighted by molar-refractivity contribution is 0.217. The first kappa shape index (κ1) is 16.0. The van der Waals surface area contributed by atoms with Crippen LogP contribution < -0.4 is 9.47 Å². The molecule has 108 valence electrons. The minimum atomic E-state index is 0.291. The number of nitrogens with zero attached hydrogens (tertiary/aromatic N) is 1. The lowest BCUT2D eigenvalue weighted by Crippen LogP contribution is -2.09. The van der Waals surface area contributed by atoms with Gasteiger partial charge in [0.1, 0.15) is 30.8 Å². The number of rotatable bonds is 5. The van der Waals surface area contributed by atoms with Gasteiger partial charge in [-0.2, -0.15) is 5.26 Å². The first-order valence-electron chi connectivity index (χ1n) is 6.00. The minimum Gasteiger partial charge on any atom is -0.489 e. The Hall–Kier alpha value is -1.41. The molecule has 0 spiro atoms. The second kappa shape index (κ2) is 7.56. The van der Waals surface area contributed by atoms with E-state index in [-0.39, 0.29) is 0 Å². The molecule has 2 aromatic carbocycles. The second-order valence-corrected chi connectivity index (χ2v) is 5.78.